The van der Waals surface area contributed by atoms with E-state index in [0.717, 1.165) is 16.7 Å². The molecule has 0 saturated carbocycles. The predicted octanol–water partition coefficient (Wildman–Crippen LogP) is 4.21. The molecule has 128 valence electrons. The molecule has 0 radical (unpaired) electrons. The van der Waals surface area contributed by atoms with E-state index in [9.17, 15) is 14.4 Å². The molecule has 0 atom stereocenters. The van der Waals surface area contributed by atoms with Crippen molar-refractivity contribution >= 4 is 74.8 Å². The number of carbonyl (C=O) groups is 3. The van der Waals surface area contributed by atoms with Gasteiger partial charge < -0.3 is 9.73 Å². The number of anilines is 1. The Hall–Kier alpha value is -1.78. The maximum Gasteiger partial charge on any atom is 0.294 e. The van der Waals surface area contributed by atoms with Crippen LogP contribution in [0.2, 0.25) is 5.02 Å². The zero-order valence-electron chi connectivity index (χ0n) is 12.5. The average Bonchev–Trinajstić information content (AvgIpc) is 3.08. The van der Waals surface area contributed by atoms with Crippen LogP contribution >= 0.6 is 46.0 Å². The zero-order chi connectivity index (χ0) is 18.0. The number of halogens is 2. The molecule has 1 aliphatic rings. The fraction of sp³-hybridized carbons (Fsp3) is 0.0625. The molecule has 9 heteroatoms. The summed E-state index contributed by atoms with van der Waals surface area (Å²) in [5.41, 5.74) is 0.530. The van der Waals surface area contributed by atoms with E-state index >= 15 is 0 Å². The number of carbonyl (C=O) groups excluding carboxylic acids is 3. The van der Waals surface area contributed by atoms with Gasteiger partial charge in [-0.3, -0.25) is 19.3 Å². The van der Waals surface area contributed by atoms with Crippen LogP contribution in [0, 0.1) is 3.77 Å². The highest BCUT2D eigenvalue weighted by molar-refractivity contribution is 14.1. The molecule has 1 saturated heterocycles. The van der Waals surface area contributed by atoms with E-state index in [2.05, 4.69) is 5.32 Å². The highest BCUT2D eigenvalue weighted by Gasteiger charge is 2.36. The molecule has 1 aromatic heterocycles. The van der Waals surface area contributed by atoms with Crippen molar-refractivity contribution < 1.29 is 18.8 Å². The second-order valence-corrected chi connectivity index (χ2v) is 7.46. The number of nitrogens with zero attached hydrogens (tertiary/aromatic N) is 1. The average molecular weight is 489 g/mol. The minimum absolute atomic E-state index is 0.218. The van der Waals surface area contributed by atoms with Crippen LogP contribution in [0.15, 0.2) is 45.7 Å². The monoisotopic (exact) mass is 488 g/mol. The summed E-state index contributed by atoms with van der Waals surface area (Å²) in [5.74, 6) is -0.522. The summed E-state index contributed by atoms with van der Waals surface area (Å²) < 4.78 is 6.03. The third kappa shape index (κ3) is 4.44. The summed E-state index contributed by atoms with van der Waals surface area (Å²) >= 11 is 8.56. The van der Waals surface area contributed by atoms with Crippen molar-refractivity contribution in [3.05, 3.63) is 55.9 Å². The number of benzene rings is 1. The van der Waals surface area contributed by atoms with Gasteiger partial charge in [0.05, 0.1) is 4.91 Å². The summed E-state index contributed by atoms with van der Waals surface area (Å²) in [4.78, 5) is 37.5. The lowest BCUT2D eigenvalue weighted by molar-refractivity contribution is -0.127. The maximum absolute atomic E-state index is 12.3. The Balaban J connectivity index is 1.67. The summed E-state index contributed by atoms with van der Waals surface area (Å²) in [6.45, 7) is -0.361. The summed E-state index contributed by atoms with van der Waals surface area (Å²) in [6.07, 6.45) is 1.49. The third-order valence-corrected chi connectivity index (χ3v) is 4.91. The largest absolute Gasteiger partial charge is 0.451 e. The number of imide groups is 1. The van der Waals surface area contributed by atoms with Gasteiger partial charge >= 0.3 is 0 Å². The molecule has 25 heavy (non-hydrogen) atoms. The number of hydrogen-bond donors (Lipinski definition) is 1. The topological polar surface area (TPSA) is 79.6 Å². The van der Waals surface area contributed by atoms with Crippen LogP contribution in [0.1, 0.15) is 5.76 Å². The van der Waals surface area contributed by atoms with Crippen molar-refractivity contribution in [2.45, 2.75) is 0 Å². The van der Waals surface area contributed by atoms with Gasteiger partial charge in [-0.1, -0.05) is 11.6 Å². The second kappa shape index (κ2) is 7.63. The molecule has 1 N–H and O–H groups in total. The molecule has 0 aliphatic carbocycles. The first kappa shape index (κ1) is 18.0. The Labute approximate surface area is 165 Å². The SMILES string of the molecule is O=C(CN1C(=O)S/C(=C\c2ccc(I)o2)C1=O)Nc1ccc(Cl)cc1. The van der Waals surface area contributed by atoms with Crippen LogP contribution in [0.25, 0.3) is 6.08 Å². The molecule has 6 nitrogen and oxygen atoms in total. The summed E-state index contributed by atoms with van der Waals surface area (Å²) in [6, 6.07) is 9.97. The molecule has 0 spiro atoms. The third-order valence-electron chi connectivity index (χ3n) is 3.17. The van der Waals surface area contributed by atoms with Gasteiger partial charge in [0.15, 0.2) is 3.77 Å². The number of rotatable bonds is 4. The molecule has 0 unspecified atom stereocenters. The fourth-order valence-corrected chi connectivity index (χ4v) is 3.43. The molecule has 2 heterocycles. The standard InChI is InChI=1S/C16H10ClIN2O4S/c17-9-1-3-10(4-2-9)19-14(21)8-20-15(22)12(25-16(20)23)7-11-5-6-13(18)24-11/h1-7H,8H2,(H,19,21)/b12-7-. The van der Waals surface area contributed by atoms with Crippen LogP contribution in [0.5, 0.6) is 0 Å². The smallest absolute Gasteiger partial charge is 0.294 e. The maximum atomic E-state index is 12.3. The van der Waals surface area contributed by atoms with Crippen molar-refractivity contribution in [3.63, 3.8) is 0 Å². The molecular weight excluding hydrogens is 479 g/mol. The number of furan rings is 1. The first-order valence-electron chi connectivity index (χ1n) is 6.98. The molecule has 2 aromatic rings. The highest BCUT2D eigenvalue weighted by Crippen LogP contribution is 2.32. The van der Waals surface area contributed by atoms with Gasteiger partial charge in [-0.15, -0.1) is 0 Å². The van der Waals surface area contributed by atoms with Crippen LogP contribution in [-0.2, 0) is 9.59 Å². The molecule has 1 aromatic carbocycles. The predicted molar refractivity (Wildman–Crippen MR) is 104 cm³/mol. The lowest BCUT2D eigenvalue weighted by Crippen LogP contribution is -2.36. The van der Waals surface area contributed by atoms with E-state index < -0.39 is 17.1 Å². The van der Waals surface area contributed by atoms with Gasteiger partial charge in [-0.25, -0.2) is 0 Å². The second-order valence-electron chi connectivity index (χ2n) is 4.96. The van der Waals surface area contributed by atoms with Gasteiger partial charge in [0.1, 0.15) is 12.3 Å². The van der Waals surface area contributed by atoms with Gasteiger partial charge in [0.25, 0.3) is 11.1 Å². The molecule has 1 aliphatic heterocycles. The van der Waals surface area contributed by atoms with E-state index in [0.29, 0.717) is 20.2 Å². The van der Waals surface area contributed by atoms with E-state index in [4.69, 9.17) is 16.0 Å². The molecular formula is C16H10ClIN2O4S. The number of amides is 3. The van der Waals surface area contributed by atoms with Gasteiger partial charge in [0.2, 0.25) is 5.91 Å². The number of thioether (sulfide) groups is 1. The minimum Gasteiger partial charge on any atom is -0.451 e. The number of hydrogen-bond acceptors (Lipinski definition) is 5. The molecule has 1 fully saturated rings. The Morgan fingerprint density at radius 2 is 1.96 bits per heavy atom. The van der Waals surface area contributed by atoms with E-state index in [-0.39, 0.29) is 11.4 Å². The van der Waals surface area contributed by atoms with Gasteiger partial charge in [-0.05, 0) is 70.8 Å². The Morgan fingerprint density at radius 1 is 1.24 bits per heavy atom. The van der Waals surface area contributed by atoms with Crippen molar-refractivity contribution in [1.82, 2.24) is 4.90 Å². The van der Waals surface area contributed by atoms with Crippen molar-refractivity contribution in [2.75, 3.05) is 11.9 Å². The quantitative estimate of drug-likeness (QED) is 0.515. The zero-order valence-corrected chi connectivity index (χ0v) is 16.2. The van der Waals surface area contributed by atoms with Crippen molar-refractivity contribution in [1.29, 1.82) is 0 Å². The Bertz CT molecular complexity index is 879. The first-order chi connectivity index (χ1) is 11.9. The molecule has 0 bridgehead atoms. The Kier molecular flexibility index (Phi) is 5.50. The highest BCUT2D eigenvalue weighted by atomic mass is 127. The van der Waals surface area contributed by atoms with E-state index in [1.807, 2.05) is 22.6 Å². The number of nitrogens with one attached hydrogen (secondary N) is 1. The minimum atomic E-state index is -0.521. The van der Waals surface area contributed by atoms with Gasteiger partial charge in [0, 0.05) is 16.8 Å². The lowest BCUT2D eigenvalue weighted by atomic mass is 10.3. The van der Waals surface area contributed by atoms with E-state index in [1.165, 1.54) is 6.08 Å². The van der Waals surface area contributed by atoms with Crippen LogP contribution in [0.3, 0.4) is 0 Å². The van der Waals surface area contributed by atoms with Crippen molar-refractivity contribution in [2.24, 2.45) is 0 Å². The molecule has 3 amide bonds. The molecule has 3 rings (SSSR count). The summed E-state index contributed by atoms with van der Waals surface area (Å²) in [5, 5.41) is 2.66. The van der Waals surface area contributed by atoms with Crippen LogP contribution < -0.4 is 5.32 Å². The van der Waals surface area contributed by atoms with Crippen LogP contribution in [0.4, 0.5) is 10.5 Å². The Morgan fingerprint density at radius 3 is 2.60 bits per heavy atom. The normalized spacial score (nSPS) is 15.9. The lowest BCUT2D eigenvalue weighted by Gasteiger charge is -2.12. The van der Waals surface area contributed by atoms with Gasteiger partial charge in [-0.2, -0.15) is 0 Å². The van der Waals surface area contributed by atoms with Crippen molar-refractivity contribution in [3.8, 4) is 0 Å². The first-order valence-corrected chi connectivity index (χ1v) is 9.26. The fourth-order valence-electron chi connectivity index (χ4n) is 2.05. The van der Waals surface area contributed by atoms with E-state index in [1.54, 1.807) is 36.4 Å². The summed E-state index contributed by atoms with van der Waals surface area (Å²) in [7, 11) is 0. The van der Waals surface area contributed by atoms with Crippen LogP contribution in [-0.4, -0.2) is 28.5 Å².